The summed E-state index contributed by atoms with van der Waals surface area (Å²) in [4.78, 5) is 26.2. The number of esters is 1. The fourth-order valence-corrected chi connectivity index (χ4v) is 2.79. The number of hydrogen-bond donors (Lipinski definition) is 0. The predicted octanol–water partition coefficient (Wildman–Crippen LogP) is 1.99. The molecule has 2 rings (SSSR count). The molecule has 1 aromatic heterocycles. The Kier molecular flexibility index (Phi) is 5.98. The maximum Gasteiger partial charge on any atom is 0.326 e. The first kappa shape index (κ1) is 15.8. The van der Waals surface area contributed by atoms with Gasteiger partial charge in [-0.25, -0.2) is 0 Å². The number of aromatic nitrogens is 1. The molecule has 1 fully saturated rings. The maximum atomic E-state index is 11.9. The number of amides is 1. The molecule has 0 N–H and O–H groups in total. The van der Waals surface area contributed by atoms with Crippen molar-refractivity contribution in [3.8, 4) is 5.88 Å². The van der Waals surface area contributed by atoms with E-state index >= 15 is 0 Å². The van der Waals surface area contributed by atoms with Crippen LogP contribution in [0.25, 0.3) is 0 Å². The molecule has 1 aliphatic heterocycles. The van der Waals surface area contributed by atoms with Crippen LogP contribution in [0.1, 0.15) is 37.0 Å². The van der Waals surface area contributed by atoms with Gasteiger partial charge in [-0.3, -0.25) is 9.59 Å². The third-order valence-corrected chi connectivity index (χ3v) is 4.10. The first-order valence-electron chi connectivity index (χ1n) is 7.12. The highest BCUT2D eigenvalue weighted by Crippen LogP contribution is 2.17. The number of ether oxygens (including phenoxy) is 2. The summed E-state index contributed by atoms with van der Waals surface area (Å²) in [5.41, 5.74) is 0. The second-order valence-corrected chi connectivity index (χ2v) is 5.87. The standard InChI is InChI=1S/C14H20N2O4S/c1-19-12-8-11(21-15-12)10-20-14(18)9-16-7-5-3-2-4-6-13(16)17/h8H,2-7,9-10H2,1H3. The van der Waals surface area contributed by atoms with Crippen LogP contribution < -0.4 is 4.74 Å². The molecule has 1 saturated heterocycles. The lowest BCUT2D eigenvalue weighted by atomic mass is 10.1. The fourth-order valence-electron chi connectivity index (χ4n) is 2.19. The van der Waals surface area contributed by atoms with Crippen molar-refractivity contribution in [1.29, 1.82) is 0 Å². The molecule has 0 spiro atoms. The third kappa shape index (κ3) is 5.00. The lowest BCUT2D eigenvalue weighted by molar-refractivity contribution is -0.150. The molecule has 116 valence electrons. The van der Waals surface area contributed by atoms with Crippen LogP contribution in [0.4, 0.5) is 0 Å². The quantitative estimate of drug-likeness (QED) is 0.778. The van der Waals surface area contributed by atoms with Crippen molar-refractivity contribution in [3.63, 3.8) is 0 Å². The molecule has 0 saturated carbocycles. The lowest BCUT2D eigenvalue weighted by Crippen LogP contribution is -2.37. The van der Waals surface area contributed by atoms with Crippen LogP contribution in [0.2, 0.25) is 0 Å². The fraction of sp³-hybridized carbons (Fsp3) is 0.643. The molecule has 1 aromatic rings. The van der Waals surface area contributed by atoms with Crippen molar-refractivity contribution >= 4 is 23.4 Å². The van der Waals surface area contributed by atoms with E-state index in [1.165, 1.54) is 11.5 Å². The van der Waals surface area contributed by atoms with E-state index in [0.717, 1.165) is 30.6 Å². The van der Waals surface area contributed by atoms with Crippen molar-refractivity contribution < 1.29 is 19.1 Å². The van der Waals surface area contributed by atoms with Crippen LogP contribution >= 0.6 is 11.5 Å². The van der Waals surface area contributed by atoms with Gasteiger partial charge in [0.15, 0.2) is 0 Å². The van der Waals surface area contributed by atoms with Crippen molar-refractivity contribution in [1.82, 2.24) is 9.27 Å². The first-order chi connectivity index (χ1) is 10.2. The Morgan fingerprint density at radius 2 is 2.19 bits per heavy atom. The molecule has 7 heteroatoms. The molecule has 0 unspecified atom stereocenters. The summed E-state index contributed by atoms with van der Waals surface area (Å²) < 4.78 is 14.2. The van der Waals surface area contributed by atoms with E-state index in [0.29, 0.717) is 18.8 Å². The molecule has 1 aliphatic rings. The van der Waals surface area contributed by atoms with Gasteiger partial charge in [-0.1, -0.05) is 12.8 Å². The summed E-state index contributed by atoms with van der Waals surface area (Å²) in [6.07, 6.45) is 4.59. The van der Waals surface area contributed by atoms with Crippen LogP contribution in [-0.2, 0) is 20.9 Å². The van der Waals surface area contributed by atoms with Crippen molar-refractivity contribution in [2.45, 2.75) is 38.7 Å². The van der Waals surface area contributed by atoms with Gasteiger partial charge < -0.3 is 14.4 Å². The molecular formula is C14H20N2O4S. The van der Waals surface area contributed by atoms with Crippen LogP contribution in [0.15, 0.2) is 6.07 Å². The third-order valence-electron chi connectivity index (χ3n) is 3.36. The van der Waals surface area contributed by atoms with Crippen molar-refractivity contribution in [2.75, 3.05) is 20.2 Å². The topological polar surface area (TPSA) is 68.7 Å². The minimum Gasteiger partial charge on any atom is -0.480 e. The van der Waals surface area contributed by atoms with Crippen molar-refractivity contribution in [3.05, 3.63) is 10.9 Å². The zero-order valence-electron chi connectivity index (χ0n) is 12.2. The molecule has 0 radical (unpaired) electrons. The molecule has 0 bridgehead atoms. The highest BCUT2D eigenvalue weighted by atomic mass is 32.1. The zero-order chi connectivity index (χ0) is 15.1. The molecule has 0 aromatic carbocycles. The second kappa shape index (κ2) is 7.97. The van der Waals surface area contributed by atoms with Crippen LogP contribution in [-0.4, -0.2) is 41.3 Å². The molecular weight excluding hydrogens is 292 g/mol. The predicted molar refractivity (Wildman–Crippen MR) is 78.1 cm³/mol. The number of likely N-dealkylation sites (tertiary alicyclic amines) is 1. The highest BCUT2D eigenvalue weighted by molar-refractivity contribution is 7.05. The van der Waals surface area contributed by atoms with Gasteiger partial charge in [-0.15, -0.1) is 0 Å². The Balaban J connectivity index is 1.78. The Morgan fingerprint density at radius 1 is 1.38 bits per heavy atom. The zero-order valence-corrected chi connectivity index (χ0v) is 13.0. The largest absolute Gasteiger partial charge is 0.480 e. The SMILES string of the molecule is COc1cc(COC(=O)CN2CCCCCCC2=O)sn1. The minimum absolute atomic E-state index is 0.0365. The van der Waals surface area contributed by atoms with E-state index in [-0.39, 0.29) is 25.0 Å². The molecule has 21 heavy (non-hydrogen) atoms. The lowest BCUT2D eigenvalue weighted by Gasteiger charge is -2.23. The van der Waals surface area contributed by atoms with E-state index in [4.69, 9.17) is 9.47 Å². The van der Waals surface area contributed by atoms with Gasteiger partial charge in [0.05, 0.1) is 12.0 Å². The Morgan fingerprint density at radius 3 is 2.95 bits per heavy atom. The average Bonchev–Trinajstić information content (AvgIpc) is 2.93. The Bertz CT molecular complexity index is 489. The van der Waals surface area contributed by atoms with Gasteiger partial charge in [-0.2, -0.15) is 4.37 Å². The number of carbonyl (C=O) groups excluding carboxylic acids is 2. The maximum absolute atomic E-state index is 11.9. The molecule has 0 aliphatic carbocycles. The Labute approximate surface area is 128 Å². The molecule has 0 atom stereocenters. The van der Waals surface area contributed by atoms with Gasteiger partial charge in [0.2, 0.25) is 11.8 Å². The Hall–Kier alpha value is -1.63. The second-order valence-electron chi connectivity index (χ2n) is 4.98. The van der Waals surface area contributed by atoms with Gasteiger partial charge in [0, 0.05) is 19.0 Å². The van der Waals surface area contributed by atoms with E-state index in [1.54, 1.807) is 18.1 Å². The normalized spacial score (nSPS) is 16.2. The average molecular weight is 312 g/mol. The summed E-state index contributed by atoms with van der Waals surface area (Å²) >= 11 is 1.24. The van der Waals surface area contributed by atoms with Crippen LogP contribution in [0.5, 0.6) is 5.88 Å². The molecule has 6 nitrogen and oxygen atoms in total. The number of rotatable bonds is 5. The van der Waals surface area contributed by atoms with E-state index in [2.05, 4.69) is 4.37 Å². The number of methoxy groups -OCH3 is 1. The summed E-state index contributed by atoms with van der Waals surface area (Å²) in [6, 6.07) is 1.74. The summed E-state index contributed by atoms with van der Waals surface area (Å²) in [7, 11) is 1.54. The summed E-state index contributed by atoms with van der Waals surface area (Å²) in [5.74, 6) is 0.187. The number of carbonyl (C=O) groups is 2. The smallest absolute Gasteiger partial charge is 0.326 e. The first-order valence-corrected chi connectivity index (χ1v) is 7.89. The monoisotopic (exact) mass is 312 g/mol. The number of nitrogens with zero attached hydrogens (tertiary/aromatic N) is 2. The minimum atomic E-state index is -0.378. The van der Waals surface area contributed by atoms with Gasteiger partial charge in [-0.05, 0) is 24.4 Å². The van der Waals surface area contributed by atoms with Gasteiger partial charge in [0.1, 0.15) is 13.2 Å². The van der Waals surface area contributed by atoms with E-state index < -0.39 is 0 Å². The van der Waals surface area contributed by atoms with Crippen LogP contribution in [0, 0.1) is 0 Å². The summed E-state index contributed by atoms with van der Waals surface area (Å²) in [5, 5.41) is 0. The van der Waals surface area contributed by atoms with E-state index in [9.17, 15) is 9.59 Å². The summed E-state index contributed by atoms with van der Waals surface area (Å²) in [6.45, 7) is 0.846. The molecule has 1 amide bonds. The van der Waals surface area contributed by atoms with Gasteiger partial charge >= 0.3 is 5.97 Å². The molecule has 2 heterocycles. The highest BCUT2D eigenvalue weighted by Gasteiger charge is 2.19. The number of hydrogen-bond acceptors (Lipinski definition) is 6. The van der Waals surface area contributed by atoms with E-state index in [1.807, 2.05) is 0 Å². The van der Waals surface area contributed by atoms with Crippen LogP contribution in [0.3, 0.4) is 0 Å². The van der Waals surface area contributed by atoms with Crippen molar-refractivity contribution in [2.24, 2.45) is 0 Å². The van der Waals surface area contributed by atoms with Gasteiger partial charge in [0.25, 0.3) is 0 Å².